The predicted molar refractivity (Wildman–Crippen MR) is 84.5 cm³/mol. The van der Waals surface area contributed by atoms with Crippen LogP contribution >= 0.6 is 0 Å². The summed E-state index contributed by atoms with van der Waals surface area (Å²) in [5.74, 6) is 1.19. The third-order valence-corrected chi connectivity index (χ3v) is 5.36. The van der Waals surface area contributed by atoms with Crippen LogP contribution in [-0.2, 0) is 9.84 Å². The molecule has 0 saturated heterocycles. The zero-order valence-electron chi connectivity index (χ0n) is 11.9. The van der Waals surface area contributed by atoms with E-state index in [1.165, 1.54) is 0 Å². The number of nitrogen functional groups attached to an aromatic ring is 1. The van der Waals surface area contributed by atoms with Gasteiger partial charge in [-0.25, -0.2) is 8.42 Å². The summed E-state index contributed by atoms with van der Waals surface area (Å²) in [7, 11) is -2.03. The molecule has 0 atom stereocenters. The largest absolute Gasteiger partial charge is 0.497 e. The molecule has 1 aliphatic rings. The zero-order chi connectivity index (χ0) is 15.7. The van der Waals surface area contributed by atoms with E-state index in [-0.39, 0.29) is 22.1 Å². The number of nitrogens with two attached hydrogens (primary N) is 1. The fourth-order valence-electron chi connectivity index (χ4n) is 2.34. The molecule has 3 rings (SSSR count). The van der Waals surface area contributed by atoms with Gasteiger partial charge in [0.05, 0.1) is 17.7 Å². The standard InChI is InChI=1S/C16H15NO4S/c1-20-12-5-3-6-13(9-12)21-10-14-8-11-4-2-7-15(17)16(11)22(14,18)19/h2-9H,10,17H2,1H3. The first-order valence-corrected chi connectivity index (χ1v) is 8.11. The van der Waals surface area contributed by atoms with Crippen molar-refractivity contribution in [2.24, 2.45) is 0 Å². The van der Waals surface area contributed by atoms with E-state index in [1.807, 2.05) is 0 Å². The Morgan fingerprint density at radius 1 is 1.09 bits per heavy atom. The Kier molecular flexibility index (Phi) is 3.54. The lowest BCUT2D eigenvalue weighted by Crippen LogP contribution is -2.10. The smallest absolute Gasteiger partial charge is 0.208 e. The molecule has 1 aliphatic heterocycles. The van der Waals surface area contributed by atoms with Crippen LogP contribution in [0, 0.1) is 0 Å². The molecular weight excluding hydrogens is 302 g/mol. The van der Waals surface area contributed by atoms with Gasteiger partial charge in [0.15, 0.2) is 0 Å². The van der Waals surface area contributed by atoms with Crippen molar-refractivity contribution in [3.63, 3.8) is 0 Å². The van der Waals surface area contributed by atoms with E-state index in [2.05, 4.69) is 0 Å². The molecule has 6 heteroatoms. The van der Waals surface area contributed by atoms with Crippen LogP contribution in [0.5, 0.6) is 11.5 Å². The first-order valence-electron chi connectivity index (χ1n) is 6.63. The lowest BCUT2D eigenvalue weighted by Gasteiger charge is -2.09. The number of rotatable bonds is 4. The second-order valence-corrected chi connectivity index (χ2v) is 6.79. The Morgan fingerprint density at radius 3 is 2.55 bits per heavy atom. The fraction of sp³-hybridized carbons (Fsp3) is 0.125. The Morgan fingerprint density at radius 2 is 1.82 bits per heavy atom. The third-order valence-electron chi connectivity index (χ3n) is 3.43. The first-order chi connectivity index (χ1) is 10.5. The molecule has 0 aliphatic carbocycles. The predicted octanol–water partition coefficient (Wildman–Crippen LogP) is 2.48. The lowest BCUT2D eigenvalue weighted by atomic mass is 10.2. The quantitative estimate of drug-likeness (QED) is 0.877. The first kappa shape index (κ1) is 14.5. The third kappa shape index (κ3) is 2.42. The summed E-state index contributed by atoms with van der Waals surface area (Å²) in [5, 5.41) is 0. The van der Waals surface area contributed by atoms with Crippen LogP contribution in [0.25, 0.3) is 6.08 Å². The van der Waals surface area contributed by atoms with Crippen molar-refractivity contribution < 1.29 is 17.9 Å². The van der Waals surface area contributed by atoms with Crippen molar-refractivity contribution in [1.29, 1.82) is 0 Å². The van der Waals surface area contributed by atoms with E-state index in [9.17, 15) is 8.42 Å². The molecule has 0 saturated carbocycles. The van der Waals surface area contributed by atoms with Gasteiger partial charge < -0.3 is 15.2 Å². The van der Waals surface area contributed by atoms with Crippen molar-refractivity contribution in [2.75, 3.05) is 19.5 Å². The highest BCUT2D eigenvalue weighted by Gasteiger charge is 2.31. The molecule has 2 aromatic rings. The number of benzene rings is 2. The van der Waals surface area contributed by atoms with Crippen molar-refractivity contribution in [3.8, 4) is 11.5 Å². The maximum absolute atomic E-state index is 12.5. The highest BCUT2D eigenvalue weighted by Crippen LogP contribution is 2.36. The summed E-state index contributed by atoms with van der Waals surface area (Å²) < 4.78 is 35.7. The van der Waals surface area contributed by atoms with Gasteiger partial charge in [-0.3, -0.25) is 0 Å². The highest BCUT2D eigenvalue weighted by molar-refractivity contribution is 7.96. The molecule has 22 heavy (non-hydrogen) atoms. The van der Waals surface area contributed by atoms with Gasteiger partial charge in [-0.05, 0) is 29.8 Å². The zero-order valence-corrected chi connectivity index (χ0v) is 12.8. The minimum absolute atomic E-state index is 0.0520. The van der Waals surface area contributed by atoms with Crippen LogP contribution in [0.15, 0.2) is 52.3 Å². The number of sulfone groups is 1. The van der Waals surface area contributed by atoms with Crippen LogP contribution in [0.1, 0.15) is 5.56 Å². The monoisotopic (exact) mass is 317 g/mol. The van der Waals surface area contributed by atoms with Gasteiger partial charge in [0.1, 0.15) is 23.0 Å². The topological polar surface area (TPSA) is 78.6 Å². The average molecular weight is 317 g/mol. The lowest BCUT2D eigenvalue weighted by molar-refractivity contribution is 0.353. The Labute approximate surface area is 128 Å². The van der Waals surface area contributed by atoms with Crippen molar-refractivity contribution in [3.05, 3.63) is 52.9 Å². The molecule has 5 nitrogen and oxygen atoms in total. The van der Waals surface area contributed by atoms with Gasteiger partial charge in [-0.15, -0.1) is 0 Å². The van der Waals surface area contributed by atoms with Gasteiger partial charge in [0.25, 0.3) is 0 Å². The van der Waals surface area contributed by atoms with Crippen molar-refractivity contribution >= 4 is 21.6 Å². The Balaban J connectivity index is 1.84. The summed E-state index contributed by atoms with van der Waals surface area (Å²) in [6.07, 6.45) is 1.60. The van der Waals surface area contributed by atoms with E-state index < -0.39 is 9.84 Å². The maximum atomic E-state index is 12.5. The molecule has 0 radical (unpaired) electrons. The molecule has 0 bridgehead atoms. The molecule has 2 N–H and O–H groups in total. The van der Waals surface area contributed by atoms with Crippen LogP contribution in [-0.4, -0.2) is 22.1 Å². The molecule has 0 fully saturated rings. The van der Waals surface area contributed by atoms with E-state index in [0.717, 1.165) is 0 Å². The summed E-state index contributed by atoms with van der Waals surface area (Å²) in [5.41, 5.74) is 6.64. The van der Waals surface area contributed by atoms with Gasteiger partial charge in [0.2, 0.25) is 9.84 Å². The number of anilines is 1. The minimum Gasteiger partial charge on any atom is -0.497 e. The highest BCUT2D eigenvalue weighted by atomic mass is 32.2. The SMILES string of the molecule is COc1cccc(OCC2=Cc3cccc(N)c3S2(=O)=O)c1. The number of hydrogen-bond acceptors (Lipinski definition) is 5. The van der Waals surface area contributed by atoms with Crippen LogP contribution < -0.4 is 15.2 Å². The van der Waals surface area contributed by atoms with E-state index in [1.54, 1.807) is 55.7 Å². The van der Waals surface area contributed by atoms with Gasteiger partial charge in [-0.1, -0.05) is 18.2 Å². The maximum Gasteiger partial charge on any atom is 0.208 e. The number of fused-ring (bicyclic) bond motifs is 1. The molecule has 0 amide bonds. The minimum atomic E-state index is -3.58. The Hall–Kier alpha value is -2.47. The number of hydrogen-bond donors (Lipinski definition) is 1. The average Bonchev–Trinajstić information content (AvgIpc) is 2.77. The van der Waals surface area contributed by atoms with Crippen LogP contribution in [0.2, 0.25) is 0 Å². The number of ether oxygens (including phenoxy) is 2. The molecular formula is C16H15NO4S. The van der Waals surface area contributed by atoms with Crippen molar-refractivity contribution in [1.82, 2.24) is 0 Å². The second kappa shape index (κ2) is 5.38. The van der Waals surface area contributed by atoms with E-state index in [4.69, 9.17) is 15.2 Å². The summed E-state index contributed by atoms with van der Waals surface area (Å²) in [4.78, 5) is 0.363. The summed E-state index contributed by atoms with van der Waals surface area (Å²) in [6.45, 7) is -0.0520. The van der Waals surface area contributed by atoms with Crippen LogP contribution in [0.3, 0.4) is 0 Å². The summed E-state index contributed by atoms with van der Waals surface area (Å²) >= 11 is 0. The van der Waals surface area contributed by atoms with Crippen molar-refractivity contribution in [2.45, 2.75) is 4.90 Å². The normalized spacial score (nSPS) is 15.0. The molecule has 114 valence electrons. The number of methoxy groups -OCH3 is 1. The molecule has 0 unspecified atom stereocenters. The molecule has 1 heterocycles. The Bertz CT molecular complexity index is 856. The molecule has 2 aromatic carbocycles. The molecule has 0 aromatic heterocycles. The summed E-state index contributed by atoms with van der Waals surface area (Å²) in [6, 6.07) is 12.0. The van der Waals surface area contributed by atoms with Gasteiger partial charge >= 0.3 is 0 Å². The van der Waals surface area contributed by atoms with E-state index >= 15 is 0 Å². The second-order valence-electron chi connectivity index (χ2n) is 4.85. The fourth-order valence-corrected chi connectivity index (χ4v) is 3.92. The molecule has 0 spiro atoms. The van der Waals surface area contributed by atoms with Gasteiger partial charge in [-0.2, -0.15) is 0 Å². The van der Waals surface area contributed by atoms with Crippen LogP contribution in [0.4, 0.5) is 5.69 Å². The van der Waals surface area contributed by atoms with Gasteiger partial charge in [0, 0.05) is 6.07 Å². The van der Waals surface area contributed by atoms with E-state index in [0.29, 0.717) is 17.1 Å².